The third-order valence-corrected chi connectivity index (χ3v) is 5.68. The highest BCUT2D eigenvalue weighted by molar-refractivity contribution is 6.05. The molecule has 2 heterocycles. The Bertz CT molecular complexity index is 1410. The van der Waals surface area contributed by atoms with Gasteiger partial charge in [-0.3, -0.25) is 4.79 Å². The first kappa shape index (κ1) is 23.9. The van der Waals surface area contributed by atoms with Crippen LogP contribution in [0.1, 0.15) is 30.7 Å². The van der Waals surface area contributed by atoms with Crippen LogP contribution in [0.4, 0.5) is 5.82 Å². The summed E-state index contributed by atoms with van der Waals surface area (Å²) in [6, 6.07) is 9.36. The number of allylic oxidation sites excluding steroid dienone is 1. The first-order valence-electron chi connectivity index (χ1n) is 11.2. The molecule has 4 rings (SSSR count). The largest absolute Gasteiger partial charge is 0.493 e. The summed E-state index contributed by atoms with van der Waals surface area (Å²) in [4.78, 5) is 12.6. The predicted molar refractivity (Wildman–Crippen MR) is 134 cm³/mol. The third-order valence-electron chi connectivity index (χ3n) is 5.68. The number of aryl methyl sites for hydroxylation is 2. The number of ether oxygens (including phenoxy) is 3. The Labute approximate surface area is 203 Å². The monoisotopic (exact) mass is 476 g/mol. The lowest BCUT2D eigenvalue weighted by Gasteiger charge is -2.15. The fourth-order valence-electron chi connectivity index (χ4n) is 4.03. The van der Waals surface area contributed by atoms with E-state index in [2.05, 4.69) is 10.5 Å². The molecule has 0 aliphatic heterocycles. The molecule has 0 radical (unpaired) electrons. The molecule has 0 unspecified atom stereocenters. The number of fused-ring (bicyclic) bond motifs is 1. The summed E-state index contributed by atoms with van der Waals surface area (Å²) in [5.74, 6) is 2.60. The summed E-state index contributed by atoms with van der Waals surface area (Å²) < 4.78 is 27.8. The number of carbonyl (C=O) groups is 1. The number of nitrogens with one attached hydrogen (secondary N) is 1. The van der Waals surface area contributed by atoms with Crippen molar-refractivity contribution < 1.29 is 27.9 Å². The van der Waals surface area contributed by atoms with Gasteiger partial charge < -0.3 is 28.5 Å². The van der Waals surface area contributed by atoms with Crippen LogP contribution in [0.15, 0.2) is 51.6 Å². The van der Waals surface area contributed by atoms with Crippen molar-refractivity contribution in [3.05, 3.63) is 59.6 Å². The van der Waals surface area contributed by atoms with Gasteiger partial charge in [-0.2, -0.15) is 0 Å². The van der Waals surface area contributed by atoms with E-state index in [9.17, 15) is 4.79 Å². The van der Waals surface area contributed by atoms with Crippen molar-refractivity contribution in [2.75, 3.05) is 26.1 Å². The zero-order valence-corrected chi connectivity index (χ0v) is 20.6. The van der Waals surface area contributed by atoms with Crippen molar-refractivity contribution in [1.29, 1.82) is 0 Å². The first-order valence-corrected chi connectivity index (χ1v) is 11.2. The van der Waals surface area contributed by atoms with E-state index in [-0.39, 0.29) is 5.91 Å². The number of nitrogens with zero attached hydrogens (tertiary/aromatic N) is 1. The Morgan fingerprint density at radius 2 is 1.89 bits per heavy atom. The zero-order chi connectivity index (χ0) is 25.1. The second-order valence-corrected chi connectivity index (χ2v) is 8.05. The molecular weight excluding hydrogens is 448 g/mol. The number of methoxy groups -OCH3 is 2. The van der Waals surface area contributed by atoms with Crippen LogP contribution < -0.4 is 19.5 Å². The minimum atomic E-state index is -0.316. The number of benzene rings is 2. The van der Waals surface area contributed by atoms with Crippen LogP contribution in [0.3, 0.4) is 0 Å². The van der Waals surface area contributed by atoms with Crippen LogP contribution in [0.5, 0.6) is 17.2 Å². The van der Waals surface area contributed by atoms with Gasteiger partial charge in [0.1, 0.15) is 17.1 Å². The standard InChI is InChI=1S/C27H28N2O6/c1-7-33-26-17(4)27-20(21(14-34-27)18-8-9-22(31-5)23(12-18)32-6)13-19(26)15(2)10-25(30)28-24-11-16(3)35-29-24/h8-14H,7H2,1-6H3,(H,28,29,30)/b15-10+. The number of anilines is 1. The van der Waals surface area contributed by atoms with E-state index in [0.717, 1.165) is 38.8 Å². The Kier molecular flexibility index (Phi) is 6.82. The van der Waals surface area contributed by atoms with Crippen molar-refractivity contribution in [1.82, 2.24) is 5.16 Å². The molecule has 35 heavy (non-hydrogen) atoms. The molecule has 0 atom stereocenters. The molecule has 0 bridgehead atoms. The molecule has 8 heteroatoms. The van der Waals surface area contributed by atoms with Gasteiger partial charge in [0, 0.05) is 34.2 Å². The minimum Gasteiger partial charge on any atom is -0.493 e. The first-order chi connectivity index (χ1) is 16.9. The number of hydrogen-bond donors (Lipinski definition) is 1. The predicted octanol–water partition coefficient (Wildman–Crippen LogP) is 6.16. The van der Waals surface area contributed by atoms with E-state index in [1.165, 1.54) is 6.08 Å². The van der Waals surface area contributed by atoms with Crippen LogP contribution >= 0.6 is 0 Å². The van der Waals surface area contributed by atoms with Crippen LogP contribution in [-0.4, -0.2) is 31.9 Å². The molecular formula is C27H28N2O6. The van der Waals surface area contributed by atoms with Gasteiger partial charge in [-0.1, -0.05) is 11.2 Å². The van der Waals surface area contributed by atoms with Crippen molar-refractivity contribution in [3.63, 3.8) is 0 Å². The van der Waals surface area contributed by atoms with Crippen LogP contribution in [0.2, 0.25) is 0 Å². The molecule has 0 aliphatic rings. The number of rotatable bonds is 8. The summed E-state index contributed by atoms with van der Waals surface area (Å²) in [6.07, 6.45) is 3.24. The van der Waals surface area contributed by atoms with Gasteiger partial charge in [0.05, 0.1) is 27.1 Å². The van der Waals surface area contributed by atoms with Crippen LogP contribution in [0, 0.1) is 13.8 Å². The van der Waals surface area contributed by atoms with E-state index in [4.69, 9.17) is 23.2 Å². The molecule has 0 saturated carbocycles. The molecule has 2 aromatic heterocycles. The maximum atomic E-state index is 12.6. The molecule has 0 saturated heterocycles. The SMILES string of the molecule is CCOc1c(/C(C)=C/C(=O)Nc2cc(C)on2)cc2c(-c3ccc(OC)c(OC)c3)coc2c1C. The minimum absolute atomic E-state index is 0.316. The lowest BCUT2D eigenvalue weighted by molar-refractivity contribution is -0.111. The van der Waals surface area contributed by atoms with Gasteiger partial charge in [-0.15, -0.1) is 0 Å². The molecule has 0 fully saturated rings. The summed E-state index contributed by atoms with van der Waals surface area (Å²) in [7, 11) is 3.20. The van der Waals surface area contributed by atoms with Gasteiger partial charge in [0.2, 0.25) is 5.91 Å². The van der Waals surface area contributed by atoms with Crippen molar-refractivity contribution >= 4 is 28.3 Å². The van der Waals surface area contributed by atoms with Gasteiger partial charge in [-0.05, 0) is 57.0 Å². The van der Waals surface area contributed by atoms with Crippen molar-refractivity contribution in [2.24, 2.45) is 0 Å². The molecule has 182 valence electrons. The van der Waals surface area contributed by atoms with Crippen LogP contribution in [-0.2, 0) is 4.79 Å². The maximum absolute atomic E-state index is 12.6. The summed E-state index contributed by atoms with van der Waals surface area (Å²) >= 11 is 0. The van der Waals surface area contributed by atoms with Crippen molar-refractivity contribution in [2.45, 2.75) is 27.7 Å². The number of furan rings is 1. The number of carbonyl (C=O) groups excluding carboxylic acids is 1. The average molecular weight is 477 g/mol. The lowest BCUT2D eigenvalue weighted by Crippen LogP contribution is -2.09. The Morgan fingerprint density at radius 3 is 2.54 bits per heavy atom. The Morgan fingerprint density at radius 1 is 1.11 bits per heavy atom. The maximum Gasteiger partial charge on any atom is 0.249 e. The highest BCUT2D eigenvalue weighted by Gasteiger charge is 2.20. The van der Waals surface area contributed by atoms with E-state index in [1.807, 2.05) is 45.0 Å². The lowest BCUT2D eigenvalue weighted by atomic mass is 9.96. The Hall–Kier alpha value is -4.20. The topological polar surface area (TPSA) is 96.0 Å². The van der Waals surface area contributed by atoms with Crippen LogP contribution in [0.25, 0.3) is 27.7 Å². The zero-order valence-electron chi connectivity index (χ0n) is 20.6. The fourth-order valence-corrected chi connectivity index (χ4v) is 4.03. The molecule has 1 amide bonds. The fraction of sp³-hybridized carbons (Fsp3) is 0.259. The Balaban J connectivity index is 1.80. The normalized spacial score (nSPS) is 11.5. The summed E-state index contributed by atoms with van der Waals surface area (Å²) in [5.41, 5.74) is 4.91. The third kappa shape index (κ3) is 4.73. The second kappa shape index (κ2) is 9.97. The van der Waals surface area contributed by atoms with E-state index in [0.29, 0.717) is 35.4 Å². The summed E-state index contributed by atoms with van der Waals surface area (Å²) in [5, 5.41) is 7.42. The smallest absolute Gasteiger partial charge is 0.249 e. The van der Waals surface area contributed by atoms with Gasteiger partial charge in [0.25, 0.3) is 0 Å². The molecule has 2 aromatic carbocycles. The number of hydrogen-bond acceptors (Lipinski definition) is 7. The molecule has 4 aromatic rings. The number of amides is 1. The molecule has 1 N–H and O–H groups in total. The van der Waals surface area contributed by atoms with Gasteiger partial charge >= 0.3 is 0 Å². The van der Waals surface area contributed by atoms with E-state index in [1.54, 1.807) is 33.5 Å². The number of aromatic nitrogens is 1. The molecule has 0 aliphatic carbocycles. The van der Waals surface area contributed by atoms with Gasteiger partial charge in [0.15, 0.2) is 17.3 Å². The van der Waals surface area contributed by atoms with Crippen molar-refractivity contribution in [3.8, 4) is 28.4 Å². The highest BCUT2D eigenvalue weighted by atomic mass is 16.5. The highest BCUT2D eigenvalue weighted by Crippen LogP contribution is 2.42. The van der Waals surface area contributed by atoms with Gasteiger partial charge in [-0.25, -0.2) is 0 Å². The average Bonchev–Trinajstić information content (AvgIpc) is 3.46. The second-order valence-electron chi connectivity index (χ2n) is 8.05. The van der Waals surface area contributed by atoms with E-state index < -0.39 is 0 Å². The van der Waals surface area contributed by atoms with E-state index >= 15 is 0 Å². The summed E-state index contributed by atoms with van der Waals surface area (Å²) in [6.45, 7) is 7.97. The quantitative estimate of drug-likeness (QED) is 0.304. The molecule has 0 spiro atoms. The molecule has 8 nitrogen and oxygen atoms in total.